The molecule has 0 radical (unpaired) electrons. The number of hydrogen-bond donors (Lipinski definition) is 2. The van der Waals surface area contributed by atoms with Crippen LogP contribution < -0.4 is 5.32 Å². The molecule has 1 aromatic rings. The third kappa shape index (κ3) is 3.35. The number of benzene rings is 1. The van der Waals surface area contributed by atoms with Crippen LogP contribution in [0, 0.1) is 24.7 Å². The number of carbonyl (C=O) groups is 1. The van der Waals surface area contributed by atoms with E-state index in [1.807, 2.05) is 0 Å². The van der Waals surface area contributed by atoms with Gasteiger partial charge in [0.1, 0.15) is 5.54 Å². The number of rotatable bonds is 4. The molecule has 1 aromatic carbocycles. The Hall–Kier alpha value is -1.15. The largest absolute Gasteiger partial charge is 0.390 e. The van der Waals surface area contributed by atoms with Crippen molar-refractivity contribution >= 4 is 27.5 Å². The Balaban J connectivity index is 1.40. The minimum atomic E-state index is -3.87. The van der Waals surface area contributed by atoms with Crippen molar-refractivity contribution in [1.29, 1.82) is 0 Å². The lowest BCUT2D eigenvalue weighted by molar-refractivity contribution is -0.150. The van der Waals surface area contributed by atoms with Gasteiger partial charge in [-0.25, -0.2) is 8.42 Å². The molecule has 1 amide bonds. The molecule has 0 unspecified atom stereocenters. The number of nitrogens with zero attached hydrogens (tertiary/aromatic N) is 1. The van der Waals surface area contributed by atoms with Gasteiger partial charge in [0.05, 0.1) is 10.5 Å². The van der Waals surface area contributed by atoms with Crippen molar-refractivity contribution in [2.75, 3.05) is 6.54 Å². The standard InChI is InChI=1S/C23H31ClN2O4S/c1-14-18(24)5-3-6-19(14)31(29,30)26-8-4-7-22(26,2)21(27)25-20-16-9-15-10-17(20)13-23(28,11-15)12-16/h3,5-6,15-17,20,28H,4,7-13H2,1-2H3,(H,25,27)/t15?,16-,17-,20?,22-,23?/m0/s1. The number of aliphatic hydroxyl groups is 1. The van der Waals surface area contributed by atoms with Crippen molar-refractivity contribution in [3.05, 3.63) is 28.8 Å². The summed E-state index contributed by atoms with van der Waals surface area (Å²) in [5, 5.41) is 14.5. The van der Waals surface area contributed by atoms with E-state index < -0.39 is 21.2 Å². The molecule has 4 saturated carbocycles. The van der Waals surface area contributed by atoms with Crippen molar-refractivity contribution in [3.8, 4) is 0 Å². The van der Waals surface area contributed by atoms with Crippen molar-refractivity contribution in [2.45, 2.75) is 80.9 Å². The minimum Gasteiger partial charge on any atom is -0.390 e. The van der Waals surface area contributed by atoms with Gasteiger partial charge in [-0.05, 0) is 94.2 Å². The van der Waals surface area contributed by atoms with Crippen LogP contribution in [0.1, 0.15) is 57.4 Å². The zero-order valence-electron chi connectivity index (χ0n) is 18.1. The van der Waals surface area contributed by atoms with Crippen LogP contribution in [0.3, 0.4) is 0 Å². The van der Waals surface area contributed by atoms with E-state index in [2.05, 4.69) is 5.32 Å². The van der Waals surface area contributed by atoms with Crippen LogP contribution in [-0.2, 0) is 14.8 Å². The highest BCUT2D eigenvalue weighted by molar-refractivity contribution is 7.89. The Bertz CT molecular complexity index is 1010. The summed E-state index contributed by atoms with van der Waals surface area (Å²) in [4.78, 5) is 13.7. The lowest BCUT2D eigenvalue weighted by atomic mass is 9.52. The Morgan fingerprint density at radius 2 is 1.90 bits per heavy atom. The molecule has 4 bridgehead atoms. The molecule has 1 heterocycles. The van der Waals surface area contributed by atoms with Gasteiger partial charge in [-0.2, -0.15) is 4.31 Å². The molecule has 6 rings (SSSR count). The molecule has 170 valence electrons. The quantitative estimate of drug-likeness (QED) is 0.713. The average Bonchev–Trinajstić information content (AvgIpc) is 3.09. The van der Waals surface area contributed by atoms with Gasteiger partial charge in [0.15, 0.2) is 0 Å². The predicted octanol–water partition coefficient (Wildman–Crippen LogP) is 3.25. The Morgan fingerprint density at radius 3 is 2.55 bits per heavy atom. The fourth-order valence-corrected chi connectivity index (χ4v) is 9.35. The highest BCUT2D eigenvalue weighted by Gasteiger charge is 2.57. The summed E-state index contributed by atoms with van der Waals surface area (Å²) in [5.41, 5.74) is -1.18. The third-order valence-electron chi connectivity index (χ3n) is 8.39. The minimum absolute atomic E-state index is 0.0270. The van der Waals surface area contributed by atoms with Gasteiger partial charge in [0, 0.05) is 17.6 Å². The summed E-state index contributed by atoms with van der Waals surface area (Å²) in [6.45, 7) is 3.76. The molecule has 0 spiro atoms. The van der Waals surface area contributed by atoms with E-state index >= 15 is 0 Å². The van der Waals surface area contributed by atoms with E-state index in [4.69, 9.17) is 11.6 Å². The zero-order chi connectivity index (χ0) is 22.2. The van der Waals surface area contributed by atoms with Crippen LogP contribution in [0.4, 0.5) is 0 Å². The topological polar surface area (TPSA) is 86.7 Å². The molecule has 31 heavy (non-hydrogen) atoms. The molecule has 3 atom stereocenters. The molecule has 5 fully saturated rings. The van der Waals surface area contributed by atoms with Crippen molar-refractivity contribution in [2.24, 2.45) is 17.8 Å². The summed E-state index contributed by atoms with van der Waals surface area (Å²) in [7, 11) is -3.87. The van der Waals surface area contributed by atoms with E-state index in [0.717, 1.165) is 32.1 Å². The SMILES string of the molecule is Cc1c(Cl)cccc1S(=O)(=O)N1CCC[C@@]1(C)C(=O)NC1[C@H]2CC3C[C@H]1CC(O)(C3)C2. The Kier molecular flexibility index (Phi) is 5.02. The van der Waals surface area contributed by atoms with Crippen molar-refractivity contribution in [3.63, 3.8) is 0 Å². The van der Waals surface area contributed by atoms with Gasteiger partial charge in [0.2, 0.25) is 15.9 Å². The second-order valence-electron chi connectivity index (χ2n) is 10.5. The van der Waals surface area contributed by atoms with Crippen LogP contribution in [-0.4, -0.2) is 47.5 Å². The normalized spacial score (nSPS) is 39.7. The van der Waals surface area contributed by atoms with E-state index in [-0.39, 0.29) is 28.7 Å². The first kappa shape index (κ1) is 21.7. The lowest BCUT2D eigenvalue weighted by Crippen LogP contribution is -2.65. The molecule has 1 saturated heterocycles. The lowest BCUT2D eigenvalue weighted by Gasteiger charge is -2.58. The average molecular weight is 467 g/mol. The van der Waals surface area contributed by atoms with Gasteiger partial charge < -0.3 is 10.4 Å². The van der Waals surface area contributed by atoms with Crippen molar-refractivity contribution in [1.82, 2.24) is 9.62 Å². The molecule has 2 N–H and O–H groups in total. The predicted molar refractivity (Wildman–Crippen MR) is 118 cm³/mol. The van der Waals surface area contributed by atoms with Gasteiger partial charge in [-0.15, -0.1) is 0 Å². The maximum absolute atomic E-state index is 13.6. The fourth-order valence-electron chi connectivity index (χ4n) is 7.06. The second-order valence-corrected chi connectivity index (χ2v) is 12.7. The number of nitrogens with one attached hydrogen (secondary N) is 1. The van der Waals surface area contributed by atoms with Crippen LogP contribution in [0.25, 0.3) is 0 Å². The van der Waals surface area contributed by atoms with Gasteiger partial charge >= 0.3 is 0 Å². The molecule has 0 aromatic heterocycles. The van der Waals surface area contributed by atoms with Crippen LogP contribution in [0.15, 0.2) is 23.1 Å². The molecule has 8 heteroatoms. The van der Waals surface area contributed by atoms with E-state index in [0.29, 0.717) is 35.9 Å². The number of amides is 1. The molecular weight excluding hydrogens is 436 g/mol. The van der Waals surface area contributed by atoms with Crippen molar-refractivity contribution < 1.29 is 18.3 Å². The maximum Gasteiger partial charge on any atom is 0.244 e. The van der Waals surface area contributed by atoms with Gasteiger partial charge in [-0.1, -0.05) is 17.7 Å². The fraction of sp³-hybridized carbons (Fsp3) is 0.696. The highest BCUT2D eigenvalue weighted by atomic mass is 35.5. The summed E-state index contributed by atoms with van der Waals surface area (Å²) in [6, 6.07) is 4.89. The first-order valence-electron chi connectivity index (χ1n) is 11.3. The molecular formula is C23H31ClN2O4S. The maximum atomic E-state index is 13.6. The molecule has 5 aliphatic rings. The van der Waals surface area contributed by atoms with Gasteiger partial charge in [0.25, 0.3) is 0 Å². The van der Waals surface area contributed by atoms with Crippen LogP contribution in [0.5, 0.6) is 0 Å². The molecule has 4 aliphatic carbocycles. The molecule has 1 aliphatic heterocycles. The van der Waals surface area contributed by atoms with Crippen LogP contribution >= 0.6 is 11.6 Å². The Morgan fingerprint density at radius 1 is 1.23 bits per heavy atom. The number of carbonyl (C=O) groups excluding carboxylic acids is 1. The smallest absolute Gasteiger partial charge is 0.244 e. The summed E-state index contributed by atoms with van der Waals surface area (Å²) in [6.07, 6.45) is 5.60. The van der Waals surface area contributed by atoms with E-state index in [1.165, 1.54) is 4.31 Å². The number of sulfonamides is 1. The Labute approximate surface area is 189 Å². The zero-order valence-corrected chi connectivity index (χ0v) is 19.7. The monoisotopic (exact) mass is 466 g/mol. The number of halogens is 1. The van der Waals surface area contributed by atoms with Gasteiger partial charge in [-0.3, -0.25) is 4.79 Å². The first-order chi connectivity index (χ1) is 14.5. The molecule has 6 nitrogen and oxygen atoms in total. The van der Waals surface area contributed by atoms with E-state index in [9.17, 15) is 18.3 Å². The van der Waals surface area contributed by atoms with E-state index in [1.54, 1.807) is 32.0 Å². The van der Waals surface area contributed by atoms with Crippen LogP contribution in [0.2, 0.25) is 5.02 Å². The summed E-state index contributed by atoms with van der Waals surface area (Å²) >= 11 is 6.19. The summed E-state index contributed by atoms with van der Waals surface area (Å²) in [5.74, 6) is 0.911. The first-order valence-corrected chi connectivity index (χ1v) is 13.2. The second kappa shape index (κ2) is 7.17. The number of hydrogen-bond acceptors (Lipinski definition) is 4. The highest BCUT2D eigenvalue weighted by Crippen LogP contribution is 2.55. The summed E-state index contributed by atoms with van der Waals surface area (Å²) < 4.78 is 28.5. The third-order valence-corrected chi connectivity index (χ3v) is 11.0.